The number of methoxy groups -OCH3 is 2. The highest BCUT2D eigenvalue weighted by Crippen LogP contribution is 2.27. The predicted molar refractivity (Wildman–Crippen MR) is 119 cm³/mol. The topological polar surface area (TPSA) is 77.1 Å². The molecule has 0 saturated heterocycles. The Morgan fingerprint density at radius 2 is 1.58 bits per heavy atom. The van der Waals surface area contributed by atoms with Crippen LogP contribution in [0, 0.1) is 0 Å². The molecule has 0 aromatic heterocycles. The van der Waals surface area contributed by atoms with Crippen LogP contribution in [0.15, 0.2) is 48.5 Å². The Morgan fingerprint density at radius 3 is 2.13 bits per heavy atom. The van der Waals surface area contributed by atoms with Gasteiger partial charge < -0.3 is 24.4 Å². The highest BCUT2D eigenvalue weighted by Gasteiger charge is 2.28. The van der Waals surface area contributed by atoms with Gasteiger partial charge in [0.1, 0.15) is 23.3 Å². The van der Waals surface area contributed by atoms with E-state index in [0.29, 0.717) is 36.8 Å². The van der Waals surface area contributed by atoms with E-state index in [1.807, 2.05) is 44.2 Å². The first-order chi connectivity index (χ1) is 15.0. The second-order valence-corrected chi connectivity index (χ2v) is 7.06. The van der Waals surface area contributed by atoms with Gasteiger partial charge in [0.2, 0.25) is 5.91 Å². The van der Waals surface area contributed by atoms with E-state index in [0.717, 1.165) is 12.0 Å². The Hall–Kier alpha value is -3.22. The normalized spacial score (nSPS) is 11.4. The third-order valence-electron chi connectivity index (χ3n) is 4.82. The number of amides is 2. The van der Waals surface area contributed by atoms with Gasteiger partial charge in [-0.15, -0.1) is 0 Å². The average Bonchev–Trinajstić information content (AvgIpc) is 2.81. The summed E-state index contributed by atoms with van der Waals surface area (Å²) >= 11 is 0. The van der Waals surface area contributed by atoms with Gasteiger partial charge in [0, 0.05) is 31.3 Å². The molecule has 0 aliphatic rings. The molecule has 2 aromatic carbocycles. The van der Waals surface area contributed by atoms with E-state index in [1.165, 1.54) is 0 Å². The summed E-state index contributed by atoms with van der Waals surface area (Å²) in [5.74, 6) is 1.15. The summed E-state index contributed by atoms with van der Waals surface area (Å²) in [4.78, 5) is 27.5. The van der Waals surface area contributed by atoms with Crippen LogP contribution in [-0.4, -0.2) is 50.1 Å². The molecule has 7 nitrogen and oxygen atoms in total. The van der Waals surface area contributed by atoms with E-state index < -0.39 is 6.04 Å². The first kappa shape index (κ1) is 24.1. The summed E-state index contributed by atoms with van der Waals surface area (Å²) in [7, 11) is 3.10. The molecule has 2 amide bonds. The summed E-state index contributed by atoms with van der Waals surface area (Å²) in [6, 6.07) is 14.1. The number of carbonyl (C=O) groups excluding carboxylic acids is 2. The molecule has 7 heteroatoms. The molecule has 0 saturated carbocycles. The second-order valence-electron chi connectivity index (χ2n) is 7.06. The van der Waals surface area contributed by atoms with Crippen molar-refractivity contribution in [3.63, 3.8) is 0 Å². The number of hydrogen-bond acceptors (Lipinski definition) is 5. The van der Waals surface area contributed by atoms with Gasteiger partial charge in [-0.2, -0.15) is 0 Å². The van der Waals surface area contributed by atoms with Gasteiger partial charge in [0.25, 0.3) is 5.91 Å². The van der Waals surface area contributed by atoms with Crippen molar-refractivity contribution >= 4 is 11.8 Å². The Labute approximate surface area is 184 Å². The maximum absolute atomic E-state index is 13.2. The number of ether oxygens (including phenoxy) is 3. The van der Waals surface area contributed by atoms with Crippen LogP contribution >= 0.6 is 0 Å². The molecule has 0 bridgehead atoms. The predicted octanol–water partition coefficient (Wildman–Crippen LogP) is 3.42. The zero-order chi connectivity index (χ0) is 22.6. The van der Waals surface area contributed by atoms with E-state index in [4.69, 9.17) is 14.2 Å². The molecule has 0 heterocycles. The molecule has 1 atom stereocenters. The fraction of sp³-hybridized carbons (Fsp3) is 0.417. The maximum Gasteiger partial charge on any atom is 0.261 e. The Balaban J connectivity index is 2.19. The van der Waals surface area contributed by atoms with Gasteiger partial charge in [-0.3, -0.25) is 9.59 Å². The molecule has 1 unspecified atom stereocenters. The molecule has 0 aliphatic carbocycles. The smallest absolute Gasteiger partial charge is 0.261 e. The number of nitrogens with one attached hydrogen (secondary N) is 1. The van der Waals surface area contributed by atoms with E-state index in [-0.39, 0.29) is 18.4 Å². The molecule has 0 radical (unpaired) electrons. The minimum absolute atomic E-state index is 0.156. The lowest BCUT2D eigenvalue weighted by Crippen LogP contribution is -2.50. The van der Waals surface area contributed by atoms with E-state index in [2.05, 4.69) is 5.32 Å². The molecule has 2 aromatic rings. The molecule has 1 N–H and O–H groups in total. The molecule has 168 valence electrons. The summed E-state index contributed by atoms with van der Waals surface area (Å²) in [5.41, 5.74) is 0.945. The number of carbonyl (C=O) groups is 2. The quantitative estimate of drug-likeness (QED) is 0.561. The first-order valence-electron chi connectivity index (χ1n) is 10.5. The molecule has 0 spiro atoms. The van der Waals surface area contributed by atoms with Crippen molar-refractivity contribution in [2.24, 2.45) is 0 Å². The number of hydrogen-bond donors (Lipinski definition) is 1. The molecule has 0 fully saturated rings. The van der Waals surface area contributed by atoms with Gasteiger partial charge in [-0.25, -0.2) is 0 Å². The zero-order valence-corrected chi connectivity index (χ0v) is 18.7. The van der Waals surface area contributed by atoms with Gasteiger partial charge in [-0.05, 0) is 18.4 Å². The van der Waals surface area contributed by atoms with E-state index >= 15 is 0 Å². The van der Waals surface area contributed by atoms with Crippen molar-refractivity contribution < 1.29 is 23.8 Å². The van der Waals surface area contributed by atoms with Crippen molar-refractivity contribution in [3.05, 3.63) is 54.1 Å². The van der Waals surface area contributed by atoms with Crippen LogP contribution in [0.4, 0.5) is 0 Å². The second kappa shape index (κ2) is 12.5. The van der Waals surface area contributed by atoms with Crippen LogP contribution < -0.4 is 19.5 Å². The molecular formula is C24H32N2O5. The van der Waals surface area contributed by atoms with Crippen molar-refractivity contribution in [1.82, 2.24) is 10.2 Å². The summed E-state index contributed by atoms with van der Waals surface area (Å²) in [6.45, 7) is 4.58. The van der Waals surface area contributed by atoms with Crippen molar-refractivity contribution in [2.75, 3.05) is 27.4 Å². The summed E-state index contributed by atoms with van der Waals surface area (Å²) in [5, 5.41) is 2.90. The van der Waals surface area contributed by atoms with Crippen molar-refractivity contribution in [3.8, 4) is 17.2 Å². The van der Waals surface area contributed by atoms with Crippen LogP contribution in [0.1, 0.15) is 32.3 Å². The standard InChI is InChI=1S/C24H32N2O5/c1-5-12-25-24(28)22(6-2)26(16-18-10-8-7-9-11-18)23(27)17-31-21-14-19(29-3)13-20(15-21)30-4/h7-11,13-15,22H,5-6,12,16-17H2,1-4H3,(H,25,28). The minimum Gasteiger partial charge on any atom is -0.496 e. The summed E-state index contributed by atoms with van der Waals surface area (Å²) < 4.78 is 16.2. The fourth-order valence-electron chi connectivity index (χ4n) is 3.16. The Kier molecular flexibility index (Phi) is 9.68. The van der Waals surface area contributed by atoms with Crippen molar-refractivity contribution in [2.45, 2.75) is 39.3 Å². The minimum atomic E-state index is -0.581. The highest BCUT2D eigenvalue weighted by molar-refractivity contribution is 5.88. The van der Waals surface area contributed by atoms with Gasteiger partial charge in [-0.1, -0.05) is 44.2 Å². The highest BCUT2D eigenvalue weighted by atomic mass is 16.5. The lowest BCUT2D eigenvalue weighted by atomic mass is 10.1. The van der Waals surface area contributed by atoms with Crippen LogP contribution in [0.2, 0.25) is 0 Å². The SMILES string of the molecule is CCCNC(=O)C(CC)N(Cc1ccccc1)C(=O)COc1cc(OC)cc(OC)c1. The third kappa shape index (κ3) is 7.20. The monoisotopic (exact) mass is 428 g/mol. The lowest BCUT2D eigenvalue weighted by molar-refractivity contribution is -0.143. The Bertz CT molecular complexity index is 819. The largest absolute Gasteiger partial charge is 0.496 e. The van der Waals surface area contributed by atoms with Crippen molar-refractivity contribution in [1.29, 1.82) is 0 Å². The van der Waals surface area contributed by atoms with Crippen LogP contribution in [0.5, 0.6) is 17.2 Å². The van der Waals surface area contributed by atoms with Crippen LogP contribution in [0.3, 0.4) is 0 Å². The van der Waals surface area contributed by atoms with Gasteiger partial charge >= 0.3 is 0 Å². The lowest BCUT2D eigenvalue weighted by Gasteiger charge is -2.30. The fourth-order valence-corrected chi connectivity index (χ4v) is 3.16. The molecular weight excluding hydrogens is 396 g/mol. The number of rotatable bonds is 12. The maximum atomic E-state index is 13.2. The van der Waals surface area contributed by atoms with Crippen LogP contribution in [0.25, 0.3) is 0 Å². The van der Waals surface area contributed by atoms with E-state index in [9.17, 15) is 9.59 Å². The average molecular weight is 429 g/mol. The van der Waals surface area contributed by atoms with Gasteiger partial charge in [0.15, 0.2) is 6.61 Å². The molecule has 31 heavy (non-hydrogen) atoms. The first-order valence-corrected chi connectivity index (χ1v) is 10.5. The number of benzene rings is 2. The molecule has 2 rings (SSSR count). The zero-order valence-electron chi connectivity index (χ0n) is 18.7. The van der Waals surface area contributed by atoms with E-state index in [1.54, 1.807) is 37.3 Å². The Morgan fingerprint density at radius 1 is 0.968 bits per heavy atom. The number of nitrogens with zero attached hydrogens (tertiary/aromatic N) is 1. The molecule has 0 aliphatic heterocycles. The third-order valence-corrected chi connectivity index (χ3v) is 4.82. The van der Waals surface area contributed by atoms with Gasteiger partial charge in [0.05, 0.1) is 14.2 Å². The van der Waals surface area contributed by atoms with Crippen LogP contribution in [-0.2, 0) is 16.1 Å². The summed E-state index contributed by atoms with van der Waals surface area (Å²) in [6.07, 6.45) is 1.33.